The van der Waals surface area contributed by atoms with E-state index >= 15 is 0 Å². The highest BCUT2D eigenvalue weighted by Crippen LogP contribution is 2.56. The molecule has 198 valence electrons. The molecular weight excluding hydrogens is 482 g/mol. The minimum atomic E-state index is -0.516. The van der Waals surface area contributed by atoms with Crippen LogP contribution in [0.15, 0.2) is 181 Å². The first-order chi connectivity index (χ1) is 19.6. The van der Waals surface area contributed by atoms with E-state index in [4.69, 9.17) is 5.73 Å². The van der Waals surface area contributed by atoms with Gasteiger partial charge in [0.25, 0.3) is 0 Å². The van der Waals surface area contributed by atoms with Crippen molar-refractivity contribution in [2.45, 2.75) is 19.3 Å². The quantitative estimate of drug-likeness (QED) is 0.272. The maximum atomic E-state index is 5.95. The first kappa shape index (κ1) is 28.1. The maximum absolute atomic E-state index is 5.95. The molecule has 0 saturated heterocycles. The average Bonchev–Trinajstić information content (AvgIpc) is 3.22. The summed E-state index contributed by atoms with van der Waals surface area (Å²) < 4.78 is 0. The number of fused-ring (bicyclic) bond motifs is 2. The van der Waals surface area contributed by atoms with E-state index in [1.165, 1.54) is 22.3 Å². The van der Waals surface area contributed by atoms with Crippen LogP contribution in [0.1, 0.15) is 30.5 Å². The molecule has 40 heavy (non-hydrogen) atoms. The van der Waals surface area contributed by atoms with Crippen molar-refractivity contribution in [2.75, 3.05) is 5.73 Å². The Morgan fingerprint density at radius 2 is 1.73 bits per heavy atom. The lowest BCUT2D eigenvalue weighted by Crippen LogP contribution is -2.30. The Balaban J connectivity index is 1.93. The molecule has 1 unspecified atom stereocenters. The SMILES string of the molecule is C=C/C=C1/C=C\C=C/C=C(/C=C)C12C(/C=C\C)=C(/C=C/C(/C=C\C)=C/C=C/c1cccc(N)c1)c1ccccc12. The summed E-state index contributed by atoms with van der Waals surface area (Å²) >= 11 is 0. The van der Waals surface area contributed by atoms with Crippen molar-refractivity contribution < 1.29 is 0 Å². The van der Waals surface area contributed by atoms with Gasteiger partial charge in [-0.2, -0.15) is 0 Å². The molecular formula is C39H37N. The molecule has 2 aliphatic rings. The molecule has 2 aliphatic carbocycles. The fourth-order valence-corrected chi connectivity index (χ4v) is 5.52. The molecule has 1 spiro atoms. The van der Waals surface area contributed by atoms with Gasteiger partial charge in [-0.05, 0) is 70.5 Å². The van der Waals surface area contributed by atoms with Crippen LogP contribution in [0.3, 0.4) is 0 Å². The summed E-state index contributed by atoms with van der Waals surface area (Å²) in [7, 11) is 0. The number of rotatable bonds is 8. The van der Waals surface area contributed by atoms with E-state index in [1.807, 2.05) is 43.3 Å². The van der Waals surface area contributed by atoms with Gasteiger partial charge in [-0.3, -0.25) is 0 Å². The lowest BCUT2D eigenvalue weighted by molar-refractivity contribution is 0.758. The molecule has 1 heteroatoms. The Morgan fingerprint density at radius 3 is 2.48 bits per heavy atom. The Morgan fingerprint density at radius 1 is 0.875 bits per heavy atom. The lowest BCUT2D eigenvalue weighted by atomic mass is 9.65. The second kappa shape index (κ2) is 13.3. The van der Waals surface area contributed by atoms with Crippen LogP contribution in [-0.4, -0.2) is 0 Å². The monoisotopic (exact) mass is 519 g/mol. The van der Waals surface area contributed by atoms with Crippen LogP contribution in [0, 0.1) is 0 Å². The fourth-order valence-electron chi connectivity index (χ4n) is 5.52. The highest BCUT2D eigenvalue weighted by atomic mass is 14.5. The summed E-state index contributed by atoms with van der Waals surface area (Å²) in [5.74, 6) is 0. The van der Waals surface area contributed by atoms with Gasteiger partial charge in [0, 0.05) is 5.69 Å². The van der Waals surface area contributed by atoms with E-state index in [-0.39, 0.29) is 0 Å². The summed E-state index contributed by atoms with van der Waals surface area (Å²) in [4.78, 5) is 0. The first-order valence-corrected chi connectivity index (χ1v) is 13.6. The zero-order valence-corrected chi connectivity index (χ0v) is 23.4. The number of anilines is 1. The largest absolute Gasteiger partial charge is 0.399 e. The number of benzene rings is 2. The predicted octanol–water partition coefficient (Wildman–Crippen LogP) is 9.97. The molecule has 2 aromatic rings. The summed E-state index contributed by atoms with van der Waals surface area (Å²) in [6.45, 7) is 12.4. The molecule has 2 aromatic carbocycles. The third-order valence-electron chi connectivity index (χ3n) is 7.10. The zero-order chi connectivity index (χ0) is 28.4. The van der Waals surface area contributed by atoms with Crippen LogP contribution in [0.5, 0.6) is 0 Å². The number of hydrogen-bond donors (Lipinski definition) is 1. The van der Waals surface area contributed by atoms with E-state index in [9.17, 15) is 0 Å². The standard InChI is InChI=1S/C39H37N/c1-5-16-30(19-14-20-31-21-15-24-34(40)29-31)27-28-36-35-25-12-13-26-38(35)39(37(36)18-7-3)32(8-4)22-10-9-11-23-33(39)17-6-2/h5-29H,2,4,40H2,1,3H3/b10-9-,16-5-,18-7-,20-14+,23-11-,28-27+,30-19+,32-22-,33-17-. The second-order valence-corrected chi connectivity index (χ2v) is 9.58. The van der Waals surface area contributed by atoms with Crippen molar-refractivity contribution in [3.8, 4) is 0 Å². The zero-order valence-electron chi connectivity index (χ0n) is 23.4. The number of nitrogens with two attached hydrogens (primary N) is 1. The van der Waals surface area contributed by atoms with Gasteiger partial charge in [0.1, 0.15) is 0 Å². The van der Waals surface area contributed by atoms with Crippen LogP contribution >= 0.6 is 0 Å². The summed E-state index contributed by atoms with van der Waals surface area (Å²) in [6.07, 6.45) is 35.8. The molecule has 2 N–H and O–H groups in total. The molecule has 0 radical (unpaired) electrons. The van der Waals surface area contributed by atoms with Crippen molar-refractivity contribution in [2.24, 2.45) is 0 Å². The molecule has 0 heterocycles. The third kappa shape index (κ3) is 5.60. The first-order valence-electron chi connectivity index (χ1n) is 13.6. The Kier molecular flexibility index (Phi) is 9.33. The lowest BCUT2D eigenvalue weighted by Gasteiger charge is -2.36. The maximum Gasteiger partial charge on any atom is 0.0713 e. The summed E-state index contributed by atoms with van der Waals surface area (Å²) in [5, 5.41) is 0. The van der Waals surface area contributed by atoms with Crippen LogP contribution < -0.4 is 5.73 Å². The molecule has 0 amide bonds. The van der Waals surface area contributed by atoms with Gasteiger partial charge in [0.05, 0.1) is 5.41 Å². The molecule has 1 atom stereocenters. The molecule has 1 nitrogen and oxygen atoms in total. The number of hydrogen-bond acceptors (Lipinski definition) is 1. The molecule has 0 bridgehead atoms. The Bertz CT molecular complexity index is 1590. The summed E-state index contributed by atoms with van der Waals surface area (Å²) in [5.41, 5.74) is 15.5. The van der Waals surface area contributed by atoms with Gasteiger partial charge in [0.15, 0.2) is 0 Å². The van der Waals surface area contributed by atoms with Crippen molar-refractivity contribution in [3.05, 3.63) is 198 Å². The van der Waals surface area contributed by atoms with Crippen LogP contribution in [0.25, 0.3) is 11.6 Å². The van der Waals surface area contributed by atoms with Crippen molar-refractivity contribution in [3.63, 3.8) is 0 Å². The van der Waals surface area contributed by atoms with E-state index in [0.29, 0.717) is 0 Å². The fraction of sp³-hybridized carbons (Fsp3) is 0.0769. The van der Waals surface area contributed by atoms with Gasteiger partial charge in [-0.25, -0.2) is 0 Å². The topological polar surface area (TPSA) is 26.0 Å². The van der Waals surface area contributed by atoms with Gasteiger partial charge >= 0.3 is 0 Å². The van der Waals surface area contributed by atoms with Gasteiger partial charge < -0.3 is 5.73 Å². The van der Waals surface area contributed by atoms with Crippen LogP contribution in [0.4, 0.5) is 5.69 Å². The normalized spacial score (nSPS) is 23.2. The highest BCUT2D eigenvalue weighted by Gasteiger charge is 2.47. The van der Waals surface area contributed by atoms with Crippen LogP contribution in [-0.2, 0) is 5.41 Å². The Labute approximate surface area is 239 Å². The van der Waals surface area contributed by atoms with Gasteiger partial charge in [0.2, 0.25) is 0 Å². The third-order valence-corrected chi connectivity index (χ3v) is 7.10. The minimum absolute atomic E-state index is 0.516. The van der Waals surface area contributed by atoms with E-state index in [1.54, 1.807) is 0 Å². The number of nitrogen functional groups attached to an aromatic ring is 1. The van der Waals surface area contributed by atoms with Gasteiger partial charge in [-0.15, -0.1) is 0 Å². The van der Waals surface area contributed by atoms with E-state index in [0.717, 1.165) is 28.0 Å². The molecule has 4 rings (SSSR count). The smallest absolute Gasteiger partial charge is 0.0713 e. The van der Waals surface area contributed by atoms with Crippen molar-refractivity contribution in [1.82, 2.24) is 0 Å². The van der Waals surface area contributed by atoms with Crippen molar-refractivity contribution >= 4 is 17.3 Å². The summed E-state index contributed by atoms with van der Waals surface area (Å²) in [6, 6.07) is 16.6. The molecule has 0 saturated carbocycles. The average molecular weight is 520 g/mol. The number of allylic oxidation sites excluding steroid dienone is 21. The van der Waals surface area contributed by atoms with E-state index < -0.39 is 5.41 Å². The Hall–Kier alpha value is -4.88. The van der Waals surface area contributed by atoms with Crippen molar-refractivity contribution in [1.29, 1.82) is 0 Å². The van der Waals surface area contributed by atoms with Gasteiger partial charge in [-0.1, -0.05) is 153 Å². The van der Waals surface area contributed by atoms with Crippen LogP contribution in [0.2, 0.25) is 0 Å². The molecule has 0 fully saturated rings. The van der Waals surface area contributed by atoms with E-state index in [2.05, 4.69) is 135 Å². The second-order valence-electron chi connectivity index (χ2n) is 9.58. The predicted molar refractivity (Wildman–Crippen MR) is 177 cm³/mol. The minimum Gasteiger partial charge on any atom is -0.399 e. The highest BCUT2D eigenvalue weighted by molar-refractivity contribution is 5.93. The molecule has 0 aliphatic heterocycles. The molecule has 0 aromatic heterocycles.